The Morgan fingerprint density at radius 2 is 0.938 bits per heavy atom. The summed E-state index contributed by atoms with van der Waals surface area (Å²) in [5.41, 5.74) is 0. The third-order valence-corrected chi connectivity index (χ3v) is 12.3. The Hall–Kier alpha value is -2.32. The van der Waals surface area contributed by atoms with Crippen LogP contribution in [0.2, 0.25) is 0 Å². The molecular weight excluding hydrogens is 828 g/mol. The largest absolute Gasteiger partial charge is 0.756 e. The molecule has 376 valence electrons. The van der Waals surface area contributed by atoms with Crippen molar-refractivity contribution in [3.8, 4) is 0 Å². The number of aliphatic hydroxyl groups is 1. The molecule has 9 heteroatoms. The van der Waals surface area contributed by atoms with Gasteiger partial charge in [0.1, 0.15) is 13.2 Å². The molecule has 0 heterocycles. The highest BCUT2D eigenvalue weighted by molar-refractivity contribution is 7.45. The summed E-state index contributed by atoms with van der Waals surface area (Å²) in [4.78, 5) is 25.4. The van der Waals surface area contributed by atoms with E-state index < -0.39 is 26.6 Å². The Kier molecular flexibility index (Phi) is 45.1. The molecule has 1 amide bonds. The maximum atomic E-state index is 12.9. The molecule has 0 radical (unpaired) electrons. The molecule has 2 N–H and O–H groups in total. The molecule has 0 aromatic rings. The van der Waals surface area contributed by atoms with Gasteiger partial charge in [0.2, 0.25) is 5.91 Å². The number of rotatable bonds is 47. The van der Waals surface area contributed by atoms with Crippen LogP contribution >= 0.6 is 7.82 Å². The quantitative estimate of drug-likeness (QED) is 0.0272. The van der Waals surface area contributed by atoms with Crippen LogP contribution in [0.3, 0.4) is 0 Å². The first-order valence-electron chi connectivity index (χ1n) is 26.4. The minimum absolute atomic E-state index is 0.0186. The second-order valence-corrected chi connectivity index (χ2v) is 20.3. The van der Waals surface area contributed by atoms with E-state index >= 15 is 0 Å². The van der Waals surface area contributed by atoms with Crippen LogP contribution in [0.5, 0.6) is 0 Å². The van der Waals surface area contributed by atoms with Gasteiger partial charge in [-0.15, -0.1) is 0 Å². The SMILES string of the molecule is CC/C=C\C/C=C\C/C=C\C/C=C\C/C=C\C/C=C\CCC(=O)NC(COP(=O)([O-])OCC[N+](C)(C)C)C(O)/C=C/CCCCCCCCCCCCCCCCCCCCCCCC. The van der Waals surface area contributed by atoms with Gasteiger partial charge < -0.3 is 28.8 Å². The van der Waals surface area contributed by atoms with Gasteiger partial charge in [-0.3, -0.25) is 9.36 Å². The lowest BCUT2D eigenvalue weighted by molar-refractivity contribution is -0.870. The normalized spacial score (nSPS) is 14.8. The fraction of sp³-hybridized carbons (Fsp3) is 0.732. The number of amides is 1. The molecule has 3 unspecified atom stereocenters. The first-order valence-corrected chi connectivity index (χ1v) is 27.9. The standard InChI is InChI=1S/C56H101N2O6P/c1-6-8-10-12-14-16-18-20-22-24-26-27-28-29-30-32-33-35-37-39-41-43-45-47-49-55(59)54(53-64-65(61,62)63-52-51-58(3,4)5)57-56(60)50-48-46-44-42-40-38-36-34-31-25-23-21-19-17-15-13-11-9-7-2/h9,11,15,17,21,23,31,34,38,40,44,46-47,49,54-55,59H,6-8,10,12-14,16,18-20,22,24-30,32-33,35-37,39,41-43,45,48,50-53H2,1-5H3,(H-,57,60,61,62)/b11-9-,17-15-,23-21-,34-31-,40-38-,46-44-,49-47+. The van der Waals surface area contributed by atoms with Gasteiger partial charge in [-0.05, 0) is 57.8 Å². The number of hydrogen-bond acceptors (Lipinski definition) is 6. The highest BCUT2D eigenvalue weighted by atomic mass is 31.2. The van der Waals surface area contributed by atoms with Crippen LogP contribution in [0, 0.1) is 0 Å². The third-order valence-electron chi connectivity index (χ3n) is 11.4. The van der Waals surface area contributed by atoms with Crippen LogP contribution in [0.25, 0.3) is 0 Å². The Labute approximate surface area is 401 Å². The molecule has 0 bridgehead atoms. The molecule has 8 nitrogen and oxygen atoms in total. The van der Waals surface area contributed by atoms with Gasteiger partial charge in [0.25, 0.3) is 7.82 Å². The second-order valence-electron chi connectivity index (χ2n) is 18.9. The topological polar surface area (TPSA) is 108 Å². The number of aliphatic hydroxyl groups excluding tert-OH is 1. The van der Waals surface area contributed by atoms with Crippen molar-refractivity contribution >= 4 is 13.7 Å². The maximum absolute atomic E-state index is 12.9. The van der Waals surface area contributed by atoms with Gasteiger partial charge in [-0.2, -0.15) is 0 Å². The van der Waals surface area contributed by atoms with E-state index in [0.29, 0.717) is 17.4 Å². The molecule has 3 atom stereocenters. The number of likely N-dealkylation sites (N-methyl/N-ethyl adjacent to an activating group) is 1. The summed E-state index contributed by atoms with van der Waals surface area (Å²) in [6.07, 6.45) is 65.2. The number of unbranched alkanes of at least 4 members (excludes halogenated alkanes) is 22. The molecule has 65 heavy (non-hydrogen) atoms. The zero-order valence-electron chi connectivity index (χ0n) is 42.7. The summed E-state index contributed by atoms with van der Waals surface area (Å²) in [7, 11) is 1.21. The van der Waals surface area contributed by atoms with E-state index in [2.05, 4.69) is 79.9 Å². The maximum Gasteiger partial charge on any atom is 0.268 e. The second kappa shape index (κ2) is 46.8. The van der Waals surface area contributed by atoms with Crippen molar-refractivity contribution in [1.82, 2.24) is 5.32 Å². The van der Waals surface area contributed by atoms with E-state index in [4.69, 9.17) is 9.05 Å². The van der Waals surface area contributed by atoms with Crippen molar-refractivity contribution in [2.45, 2.75) is 225 Å². The van der Waals surface area contributed by atoms with Crippen LogP contribution in [0.15, 0.2) is 85.1 Å². The number of carbonyl (C=O) groups is 1. The number of quaternary nitrogens is 1. The summed E-state index contributed by atoms with van der Waals surface area (Å²) >= 11 is 0. The van der Waals surface area contributed by atoms with Gasteiger partial charge >= 0.3 is 0 Å². The van der Waals surface area contributed by atoms with Crippen molar-refractivity contribution in [3.05, 3.63) is 85.1 Å². The fourth-order valence-corrected chi connectivity index (χ4v) is 7.96. The number of nitrogens with zero attached hydrogens (tertiary/aromatic N) is 1. The minimum atomic E-state index is -4.62. The average molecular weight is 929 g/mol. The van der Waals surface area contributed by atoms with Crippen LogP contribution in [-0.2, 0) is 18.4 Å². The van der Waals surface area contributed by atoms with E-state index in [1.54, 1.807) is 6.08 Å². The van der Waals surface area contributed by atoms with Gasteiger partial charge in [-0.1, -0.05) is 234 Å². The van der Waals surface area contributed by atoms with Crippen LogP contribution in [-0.4, -0.2) is 68.5 Å². The van der Waals surface area contributed by atoms with Crippen molar-refractivity contribution in [2.24, 2.45) is 0 Å². The lowest BCUT2D eigenvalue weighted by Gasteiger charge is -2.29. The Bertz CT molecular complexity index is 1330. The summed E-state index contributed by atoms with van der Waals surface area (Å²) in [5.74, 6) is -0.281. The lowest BCUT2D eigenvalue weighted by atomic mass is 10.0. The van der Waals surface area contributed by atoms with Gasteiger partial charge in [0.05, 0.1) is 39.9 Å². The van der Waals surface area contributed by atoms with Crippen LogP contribution in [0.4, 0.5) is 0 Å². The fourth-order valence-electron chi connectivity index (χ4n) is 7.23. The number of phosphoric ester groups is 1. The number of hydrogen-bond donors (Lipinski definition) is 2. The van der Waals surface area contributed by atoms with E-state index in [1.165, 1.54) is 128 Å². The Balaban J connectivity index is 4.39. The van der Waals surface area contributed by atoms with Crippen molar-refractivity contribution in [2.75, 3.05) is 40.9 Å². The van der Waals surface area contributed by atoms with Gasteiger partial charge in [-0.25, -0.2) is 0 Å². The summed E-state index contributed by atoms with van der Waals surface area (Å²) < 4.78 is 23.3. The highest BCUT2D eigenvalue weighted by Crippen LogP contribution is 2.38. The van der Waals surface area contributed by atoms with Gasteiger partial charge in [0.15, 0.2) is 0 Å². The Morgan fingerprint density at radius 3 is 1.34 bits per heavy atom. The number of nitrogens with one attached hydrogen (secondary N) is 1. The van der Waals surface area contributed by atoms with Gasteiger partial charge in [0, 0.05) is 6.42 Å². The van der Waals surface area contributed by atoms with E-state index in [9.17, 15) is 19.4 Å². The molecule has 0 aliphatic rings. The predicted octanol–water partition coefficient (Wildman–Crippen LogP) is 15.1. The molecule has 0 aromatic heterocycles. The molecule has 0 saturated carbocycles. The first-order chi connectivity index (χ1) is 31.5. The van der Waals surface area contributed by atoms with Crippen molar-refractivity contribution in [1.29, 1.82) is 0 Å². The summed E-state index contributed by atoms with van der Waals surface area (Å²) in [6.45, 7) is 4.48. The van der Waals surface area contributed by atoms with Crippen LogP contribution < -0.4 is 10.2 Å². The zero-order chi connectivity index (χ0) is 47.8. The average Bonchev–Trinajstić information content (AvgIpc) is 3.26. The summed E-state index contributed by atoms with van der Waals surface area (Å²) in [5, 5.41) is 13.8. The third kappa shape index (κ3) is 49.4. The predicted molar refractivity (Wildman–Crippen MR) is 279 cm³/mol. The van der Waals surface area contributed by atoms with E-state index in [-0.39, 0.29) is 18.9 Å². The number of phosphoric acid groups is 1. The monoisotopic (exact) mass is 929 g/mol. The van der Waals surface area contributed by atoms with Crippen molar-refractivity contribution in [3.63, 3.8) is 0 Å². The van der Waals surface area contributed by atoms with Crippen LogP contribution in [0.1, 0.15) is 213 Å². The molecular formula is C56H101N2O6P. The molecule has 0 aromatic carbocycles. The highest BCUT2D eigenvalue weighted by Gasteiger charge is 2.23. The Morgan fingerprint density at radius 1 is 0.554 bits per heavy atom. The molecule has 0 aliphatic heterocycles. The molecule has 0 spiro atoms. The molecule has 0 saturated heterocycles. The van der Waals surface area contributed by atoms with E-state index in [0.717, 1.165) is 57.8 Å². The number of carbonyl (C=O) groups excluding carboxylic acids is 1. The first kappa shape index (κ1) is 62.7. The zero-order valence-corrected chi connectivity index (χ0v) is 43.6. The van der Waals surface area contributed by atoms with Crippen molar-refractivity contribution < 1.29 is 32.9 Å². The minimum Gasteiger partial charge on any atom is -0.756 e. The lowest BCUT2D eigenvalue weighted by Crippen LogP contribution is -2.45. The number of allylic oxidation sites excluding steroid dienone is 13. The molecule has 0 fully saturated rings. The smallest absolute Gasteiger partial charge is 0.268 e. The molecule has 0 aliphatic carbocycles. The summed E-state index contributed by atoms with van der Waals surface area (Å²) in [6, 6.07) is -0.933. The van der Waals surface area contributed by atoms with E-state index in [1.807, 2.05) is 39.4 Å². The molecule has 0 rings (SSSR count).